The molecule has 0 heterocycles. The van der Waals surface area contributed by atoms with E-state index in [1.165, 1.54) is 36.4 Å². The van der Waals surface area contributed by atoms with E-state index in [1.807, 2.05) is 0 Å². The van der Waals surface area contributed by atoms with Gasteiger partial charge in [-0.25, -0.2) is 10.2 Å². The number of benzene rings is 3. The van der Waals surface area contributed by atoms with Crippen LogP contribution in [-0.2, 0) is 6.18 Å². The maximum atomic E-state index is 12.9. The van der Waals surface area contributed by atoms with Crippen LogP contribution in [0, 0.1) is 10.1 Å². The summed E-state index contributed by atoms with van der Waals surface area (Å²) in [6.45, 7) is 0. The van der Waals surface area contributed by atoms with Crippen molar-refractivity contribution in [2.75, 3.05) is 0 Å². The molecule has 174 valence electrons. The van der Waals surface area contributed by atoms with Gasteiger partial charge in [0.15, 0.2) is 0 Å². The van der Waals surface area contributed by atoms with Crippen LogP contribution in [0.1, 0.15) is 31.8 Å². The molecule has 0 atom stereocenters. The van der Waals surface area contributed by atoms with Gasteiger partial charge in [0.2, 0.25) is 5.75 Å². The van der Waals surface area contributed by atoms with Crippen molar-refractivity contribution < 1.29 is 37.5 Å². The number of nitro groups is 1. The highest BCUT2D eigenvalue weighted by Crippen LogP contribution is 2.32. The molecule has 3 rings (SSSR count). The number of nitrogens with one attached hydrogen (secondary N) is 1. The van der Waals surface area contributed by atoms with Gasteiger partial charge in [-0.2, -0.15) is 18.3 Å². The van der Waals surface area contributed by atoms with Crippen LogP contribution in [-0.4, -0.2) is 28.1 Å². The van der Waals surface area contributed by atoms with Crippen LogP contribution < -0.4 is 10.2 Å². The Morgan fingerprint density at radius 1 is 1.06 bits per heavy atom. The number of carbonyl (C=O) groups excluding carboxylic acids is 2. The maximum Gasteiger partial charge on any atom is 0.416 e. The zero-order chi connectivity index (χ0) is 24.9. The number of alkyl halides is 3. The number of hydrazone groups is 1. The number of esters is 1. The Morgan fingerprint density at radius 3 is 2.44 bits per heavy atom. The molecule has 1 amide bonds. The van der Waals surface area contributed by atoms with E-state index in [0.717, 1.165) is 30.5 Å². The monoisotopic (exact) mass is 473 g/mol. The normalized spacial score (nSPS) is 11.3. The van der Waals surface area contributed by atoms with Gasteiger partial charge in [-0.3, -0.25) is 14.9 Å². The minimum absolute atomic E-state index is 0.0881. The van der Waals surface area contributed by atoms with Gasteiger partial charge in [0.25, 0.3) is 5.91 Å². The molecule has 0 aliphatic carbocycles. The average molecular weight is 473 g/mol. The predicted octanol–water partition coefficient (Wildman–Crippen LogP) is 4.30. The number of halogens is 3. The molecule has 34 heavy (non-hydrogen) atoms. The Morgan fingerprint density at radius 2 is 1.76 bits per heavy atom. The van der Waals surface area contributed by atoms with Crippen LogP contribution in [0.5, 0.6) is 11.5 Å². The lowest BCUT2D eigenvalue weighted by atomic mass is 10.1. The van der Waals surface area contributed by atoms with Gasteiger partial charge in [0, 0.05) is 11.6 Å². The molecule has 0 saturated carbocycles. The van der Waals surface area contributed by atoms with Crippen molar-refractivity contribution in [1.82, 2.24) is 5.43 Å². The summed E-state index contributed by atoms with van der Waals surface area (Å²) in [5.41, 5.74) is -0.336. The van der Waals surface area contributed by atoms with Crippen LogP contribution in [0.4, 0.5) is 18.9 Å². The highest BCUT2D eigenvalue weighted by atomic mass is 19.4. The van der Waals surface area contributed by atoms with Crippen LogP contribution in [0.15, 0.2) is 71.8 Å². The quantitative estimate of drug-likeness (QED) is 0.180. The van der Waals surface area contributed by atoms with Gasteiger partial charge in [-0.15, -0.1) is 0 Å². The summed E-state index contributed by atoms with van der Waals surface area (Å²) in [6, 6.07) is 12.5. The zero-order valence-electron chi connectivity index (χ0n) is 16.9. The molecule has 0 saturated heterocycles. The second-order valence-corrected chi connectivity index (χ2v) is 6.64. The molecule has 0 spiro atoms. The fourth-order valence-electron chi connectivity index (χ4n) is 2.76. The molecule has 0 fully saturated rings. The lowest BCUT2D eigenvalue weighted by molar-refractivity contribution is -0.385. The summed E-state index contributed by atoms with van der Waals surface area (Å²) in [7, 11) is 0. The number of nitro benzene ring substituents is 1. The van der Waals surface area contributed by atoms with Crippen molar-refractivity contribution in [2.45, 2.75) is 6.18 Å². The van der Waals surface area contributed by atoms with Crippen molar-refractivity contribution in [3.63, 3.8) is 0 Å². The Balaban J connectivity index is 1.88. The number of rotatable bonds is 6. The topological polar surface area (TPSA) is 131 Å². The Hall–Kier alpha value is -4.74. The number of nitrogens with zero attached hydrogens (tertiary/aromatic N) is 2. The van der Waals surface area contributed by atoms with Crippen LogP contribution in [0.2, 0.25) is 0 Å². The second-order valence-electron chi connectivity index (χ2n) is 6.64. The van der Waals surface area contributed by atoms with Crippen molar-refractivity contribution in [3.05, 3.63) is 99.1 Å². The fourth-order valence-corrected chi connectivity index (χ4v) is 2.76. The Kier molecular flexibility index (Phi) is 6.90. The third-order valence-corrected chi connectivity index (χ3v) is 4.36. The van der Waals surface area contributed by atoms with Crippen LogP contribution in [0.3, 0.4) is 0 Å². The predicted molar refractivity (Wildman–Crippen MR) is 113 cm³/mol. The molecule has 2 N–H and O–H groups in total. The number of phenolic OH excluding ortho intramolecular Hbond substituents is 1. The average Bonchev–Trinajstić information content (AvgIpc) is 2.79. The number of aromatic hydroxyl groups is 1. The third kappa shape index (κ3) is 5.54. The first kappa shape index (κ1) is 23.9. The van der Waals surface area contributed by atoms with Gasteiger partial charge in [0.05, 0.1) is 27.8 Å². The van der Waals surface area contributed by atoms with E-state index in [2.05, 4.69) is 10.5 Å². The highest BCUT2D eigenvalue weighted by molar-refractivity contribution is 5.98. The molecule has 0 aliphatic heterocycles. The molecule has 9 nitrogen and oxygen atoms in total. The van der Waals surface area contributed by atoms with E-state index in [4.69, 9.17) is 4.74 Å². The number of amides is 1. The van der Waals surface area contributed by atoms with Crippen LogP contribution in [0.25, 0.3) is 0 Å². The number of ether oxygens (including phenoxy) is 1. The van der Waals surface area contributed by atoms with Gasteiger partial charge in [-0.05, 0) is 36.4 Å². The summed E-state index contributed by atoms with van der Waals surface area (Å²) in [6.07, 6.45) is -3.77. The molecular weight excluding hydrogens is 459 g/mol. The number of para-hydroxylation sites is 2. The van der Waals surface area contributed by atoms with Crippen molar-refractivity contribution in [1.29, 1.82) is 0 Å². The SMILES string of the molecule is O=C(Oc1c(/C=N/NC(=O)c2ccccc2O)cccc1[N+](=O)[O-])c1cccc(C(F)(F)F)c1. The molecular formula is C22H14F3N3O6. The standard InChI is InChI=1S/C22H14F3N3O6/c23-22(24,25)15-7-3-5-13(11-15)21(31)34-19-14(6-4-9-17(19)28(32)33)12-26-27-20(30)16-8-1-2-10-18(16)29/h1-12,29H,(H,27,30)/b26-12+. The molecule has 0 aromatic heterocycles. The largest absolute Gasteiger partial charge is 0.507 e. The third-order valence-electron chi connectivity index (χ3n) is 4.36. The maximum absolute atomic E-state index is 12.9. The van der Waals surface area contributed by atoms with Crippen molar-refractivity contribution in [3.8, 4) is 11.5 Å². The fraction of sp³-hybridized carbons (Fsp3) is 0.0455. The van der Waals surface area contributed by atoms with E-state index in [-0.39, 0.29) is 16.9 Å². The molecule has 3 aromatic carbocycles. The van der Waals surface area contributed by atoms with E-state index in [1.54, 1.807) is 0 Å². The molecule has 0 aliphatic rings. The summed E-state index contributed by atoms with van der Waals surface area (Å²) < 4.78 is 43.9. The highest BCUT2D eigenvalue weighted by Gasteiger charge is 2.31. The Bertz CT molecular complexity index is 1290. The molecule has 12 heteroatoms. The molecule has 3 aromatic rings. The zero-order valence-corrected chi connectivity index (χ0v) is 16.9. The summed E-state index contributed by atoms with van der Waals surface area (Å²) in [5.74, 6) is -2.95. The van der Waals surface area contributed by atoms with Gasteiger partial charge >= 0.3 is 17.8 Å². The van der Waals surface area contributed by atoms with Crippen LogP contribution >= 0.6 is 0 Å². The first-order valence-electron chi connectivity index (χ1n) is 9.36. The summed E-state index contributed by atoms with van der Waals surface area (Å²) >= 11 is 0. The van der Waals surface area contributed by atoms with E-state index in [0.29, 0.717) is 6.07 Å². The summed E-state index contributed by atoms with van der Waals surface area (Å²) in [5, 5.41) is 24.8. The van der Waals surface area contributed by atoms with E-state index >= 15 is 0 Å². The van der Waals surface area contributed by atoms with Gasteiger partial charge in [-0.1, -0.05) is 24.3 Å². The second kappa shape index (κ2) is 9.81. The molecule has 0 radical (unpaired) electrons. The van der Waals surface area contributed by atoms with Crippen molar-refractivity contribution >= 4 is 23.8 Å². The molecule has 0 bridgehead atoms. The first-order valence-corrected chi connectivity index (χ1v) is 9.36. The number of hydrogen-bond acceptors (Lipinski definition) is 7. The van der Waals surface area contributed by atoms with Crippen molar-refractivity contribution in [2.24, 2.45) is 5.10 Å². The summed E-state index contributed by atoms with van der Waals surface area (Å²) in [4.78, 5) is 35.1. The lowest BCUT2D eigenvalue weighted by Gasteiger charge is -2.10. The smallest absolute Gasteiger partial charge is 0.416 e. The van der Waals surface area contributed by atoms with Gasteiger partial charge in [0.1, 0.15) is 5.75 Å². The van der Waals surface area contributed by atoms with E-state index in [9.17, 15) is 38.0 Å². The van der Waals surface area contributed by atoms with Gasteiger partial charge < -0.3 is 9.84 Å². The minimum atomic E-state index is -4.71. The number of phenols is 1. The lowest BCUT2D eigenvalue weighted by Crippen LogP contribution is -2.18. The minimum Gasteiger partial charge on any atom is -0.507 e. The number of carbonyl (C=O) groups is 2. The number of hydrogen-bond donors (Lipinski definition) is 2. The van der Waals surface area contributed by atoms with E-state index < -0.39 is 45.5 Å². The first-order chi connectivity index (χ1) is 16.1. The molecule has 0 unspecified atom stereocenters. The Labute approximate surface area is 189 Å².